The molecule has 8 heteroatoms. The number of guanidine groups is 1. The highest BCUT2D eigenvalue weighted by Gasteiger charge is 2.27. The Morgan fingerprint density at radius 2 is 1.84 bits per heavy atom. The molecular formula is C17H34IN3O3S. The Hall–Kier alpha value is -0.380. The Morgan fingerprint density at radius 1 is 1.24 bits per heavy atom. The number of carbonyl (C=O) groups is 1. The van der Waals surface area contributed by atoms with Crippen LogP contribution in [-0.4, -0.2) is 52.9 Å². The van der Waals surface area contributed by atoms with Gasteiger partial charge in [-0.05, 0) is 53.4 Å². The van der Waals surface area contributed by atoms with Crippen LogP contribution in [0.4, 0.5) is 0 Å². The Bertz CT molecular complexity index is 459. The second-order valence-electron chi connectivity index (χ2n) is 7.11. The van der Waals surface area contributed by atoms with Gasteiger partial charge in [0.05, 0.1) is 12.5 Å². The average molecular weight is 487 g/mol. The number of carbonyl (C=O) groups excluding carboxylic acids is 1. The van der Waals surface area contributed by atoms with Gasteiger partial charge in [-0.3, -0.25) is 14.0 Å². The van der Waals surface area contributed by atoms with Gasteiger partial charge in [-0.25, -0.2) is 0 Å². The molecule has 1 aliphatic rings. The Balaban J connectivity index is 0.00000576. The van der Waals surface area contributed by atoms with Gasteiger partial charge in [-0.1, -0.05) is 0 Å². The van der Waals surface area contributed by atoms with Crippen molar-refractivity contribution >= 4 is 46.7 Å². The zero-order chi connectivity index (χ0) is 18.2. The fourth-order valence-electron chi connectivity index (χ4n) is 2.69. The van der Waals surface area contributed by atoms with E-state index >= 15 is 0 Å². The average Bonchev–Trinajstić information content (AvgIpc) is 2.53. The molecule has 0 saturated heterocycles. The molecular weight excluding hydrogens is 453 g/mol. The SMILES string of the molecule is CCOC(=O)C1CCC(NC(=NC)NCCS(=O)C(C)(C)C)CC1.I. The van der Waals surface area contributed by atoms with Gasteiger partial charge < -0.3 is 15.4 Å². The topological polar surface area (TPSA) is 79.8 Å². The summed E-state index contributed by atoms with van der Waals surface area (Å²) in [7, 11) is 0.865. The number of hydrogen-bond donors (Lipinski definition) is 2. The zero-order valence-electron chi connectivity index (χ0n) is 16.1. The van der Waals surface area contributed by atoms with Crippen molar-refractivity contribution in [3.63, 3.8) is 0 Å². The molecule has 25 heavy (non-hydrogen) atoms. The highest BCUT2D eigenvalue weighted by atomic mass is 127. The summed E-state index contributed by atoms with van der Waals surface area (Å²) >= 11 is 0. The van der Waals surface area contributed by atoms with E-state index in [0.29, 0.717) is 24.9 Å². The van der Waals surface area contributed by atoms with E-state index in [4.69, 9.17) is 4.74 Å². The summed E-state index contributed by atoms with van der Waals surface area (Å²) < 4.78 is 17.0. The first-order chi connectivity index (χ1) is 11.3. The molecule has 0 aromatic carbocycles. The van der Waals surface area contributed by atoms with Gasteiger partial charge in [0.2, 0.25) is 0 Å². The van der Waals surface area contributed by atoms with Gasteiger partial charge in [0.1, 0.15) is 0 Å². The summed E-state index contributed by atoms with van der Waals surface area (Å²) in [6, 6.07) is 0.315. The molecule has 1 atom stereocenters. The van der Waals surface area contributed by atoms with Crippen LogP contribution in [0.2, 0.25) is 0 Å². The molecule has 0 aromatic heterocycles. The van der Waals surface area contributed by atoms with Gasteiger partial charge in [-0.15, -0.1) is 24.0 Å². The van der Waals surface area contributed by atoms with Crippen molar-refractivity contribution in [1.29, 1.82) is 0 Å². The number of nitrogens with one attached hydrogen (secondary N) is 2. The molecule has 1 unspecified atom stereocenters. The van der Waals surface area contributed by atoms with E-state index in [1.807, 2.05) is 27.7 Å². The highest BCUT2D eigenvalue weighted by molar-refractivity contribution is 14.0. The lowest BCUT2D eigenvalue weighted by atomic mass is 9.86. The van der Waals surface area contributed by atoms with E-state index in [1.165, 1.54) is 0 Å². The number of ether oxygens (including phenoxy) is 1. The third-order valence-electron chi connectivity index (χ3n) is 4.17. The number of rotatable bonds is 6. The monoisotopic (exact) mass is 487 g/mol. The van der Waals surface area contributed by atoms with E-state index in [0.717, 1.165) is 31.6 Å². The van der Waals surface area contributed by atoms with Crippen molar-refractivity contribution in [2.75, 3.05) is 26.0 Å². The minimum atomic E-state index is -0.871. The third-order valence-corrected chi connectivity index (χ3v) is 6.12. The third kappa shape index (κ3) is 9.21. The fourth-order valence-corrected chi connectivity index (χ4v) is 3.59. The van der Waals surface area contributed by atoms with Crippen LogP contribution in [0.1, 0.15) is 53.4 Å². The van der Waals surface area contributed by atoms with E-state index < -0.39 is 10.8 Å². The first-order valence-corrected chi connectivity index (χ1v) is 10.1. The van der Waals surface area contributed by atoms with Crippen LogP contribution in [0.3, 0.4) is 0 Å². The summed E-state index contributed by atoms with van der Waals surface area (Å²) in [5, 5.41) is 6.63. The van der Waals surface area contributed by atoms with Crippen LogP contribution >= 0.6 is 24.0 Å². The molecule has 1 fully saturated rings. The van der Waals surface area contributed by atoms with Crippen molar-refractivity contribution in [1.82, 2.24) is 10.6 Å². The van der Waals surface area contributed by atoms with Crippen LogP contribution in [0, 0.1) is 5.92 Å². The lowest BCUT2D eigenvalue weighted by Gasteiger charge is -2.29. The van der Waals surface area contributed by atoms with Crippen LogP contribution < -0.4 is 10.6 Å². The molecule has 0 aromatic rings. The number of hydrogen-bond acceptors (Lipinski definition) is 4. The lowest BCUT2D eigenvalue weighted by molar-refractivity contribution is -0.149. The predicted octanol–water partition coefficient (Wildman–Crippen LogP) is 2.44. The Kier molecular flexibility index (Phi) is 11.9. The number of aliphatic imine (C=N–C) groups is 1. The van der Waals surface area contributed by atoms with Gasteiger partial charge in [0.25, 0.3) is 0 Å². The predicted molar refractivity (Wildman–Crippen MR) is 115 cm³/mol. The van der Waals surface area contributed by atoms with Crippen molar-refractivity contribution in [3.05, 3.63) is 0 Å². The molecule has 6 nitrogen and oxygen atoms in total. The maximum absolute atomic E-state index is 12.0. The standard InChI is InChI=1S/C17H33N3O3S.HI/c1-6-23-15(21)13-7-9-14(10-8-13)20-16(18-5)19-11-12-24(22)17(2,3)4;/h13-14H,6-12H2,1-5H3,(H2,18,19,20);1H. The van der Waals surface area contributed by atoms with Gasteiger partial charge in [0.15, 0.2) is 5.96 Å². The largest absolute Gasteiger partial charge is 0.466 e. The minimum Gasteiger partial charge on any atom is -0.466 e. The first kappa shape index (κ1) is 24.6. The molecule has 2 N–H and O–H groups in total. The summed E-state index contributed by atoms with van der Waals surface area (Å²) in [6.45, 7) is 8.87. The van der Waals surface area contributed by atoms with Crippen molar-refractivity contribution < 1.29 is 13.7 Å². The van der Waals surface area contributed by atoms with Crippen molar-refractivity contribution in [3.8, 4) is 0 Å². The van der Waals surface area contributed by atoms with Crippen LogP contribution in [0.15, 0.2) is 4.99 Å². The Morgan fingerprint density at radius 3 is 2.32 bits per heavy atom. The molecule has 148 valence electrons. The van der Waals surface area contributed by atoms with E-state index in [2.05, 4.69) is 15.6 Å². The summed E-state index contributed by atoms with van der Waals surface area (Å²) in [5.74, 6) is 1.30. The molecule has 0 aliphatic heterocycles. The van der Waals surface area contributed by atoms with Crippen LogP contribution in [0.5, 0.6) is 0 Å². The zero-order valence-corrected chi connectivity index (χ0v) is 19.2. The molecule has 0 amide bonds. The molecule has 1 aliphatic carbocycles. The molecule has 0 spiro atoms. The fraction of sp³-hybridized carbons (Fsp3) is 0.882. The smallest absolute Gasteiger partial charge is 0.308 e. The maximum atomic E-state index is 12.0. The number of halogens is 1. The van der Waals surface area contributed by atoms with Gasteiger partial charge in [0, 0.05) is 40.9 Å². The van der Waals surface area contributed by atoms with E-state index in [9.17, 15) is 9.00 Å². The van der Waals surface area contributed by atoms with Crippen molar-refractivity contribution in [2.45, 2.75) is 64.2 Å². The Labute approximate surface area is 171 Å². The second-order valence-corrected chi connectivity index (χ2v) is 9.43. The van der Waals surface area contributed by atoms with Gasteiger partial charge >= 0.3 is 5.97 Å². The normalized spacial score (nSPS) is 22.5. The molecule has 0 radical (unpaired) electrons. The number of esters is 1. The van der Waals surface area contributed by atoms with E-state index in [-0.39, 0.29) is 40.6 Å². The summed E-state index contributed by atoms with van der Waals surface area (Å²) in [6.07, 6.45) is 3.55. The highest BCUT2D eigenvalue weighted by Crippen LogP contribution is 2.25. The summed E-state index contributed by atoms with van der Waals surface area (Å²) in [4.78, 5) is 16.0. The quantitative estimate of drug-likeness (QED) is 0.261. The summed E-state index contributed by atoms with van der Waals surface area (Å²) in [5.41, 5.74) is 0. The minimum absolute atomic E-state index is 0. The molecule has 0 bridgehead atoms. The van der Waals surface area contributed by atoms with Crippen molar-refractivity contribution in [2.24, 2.45) is 10.9 Å². The molecule has 1 saturated carbocycles. The molecule has 0 heterocycles. The maximum Gasteiger partial charge on any atom is 0.308 e. The van der Waals surface area contributed by atoms with Gasteiger partial charge in [-0.2, -0.15) is 0 Å². The second kappa shape index (κ2) is 12.1. The van der Waals surface area contributed by atoms with E-state index in [1.54, 1.807) is 7.05 Å². The van der Waals surface area contributed by atoms with Crippen LogP contribution in [0.25, 0.3) is 0 Å². The van der Waals surface area contributed by atoms with Crippen LogP contribution in [-0.2, 0) is 20.3 Å². The molecule has 1 rings (SSSR count). The lowest BCUT2D eigenvalue weighted by Crippen LogP contribution is -2.46. The number of nitrogens with zero attached hydrogens (tertiary/aromatic N) is 1. The first-order valence-electron chi connectivity index (χ1n) is 8.80.